The molecule has 0 aliphatic carbocycles. The minimum atomic E-state index is -0.206. The van der Waals surface area contributed by atoms with Crippen molar-refractivity contribution in [3.05, 3.63) is 89.2 Å². The lowest BCUT2D eigenvalue weighted by molar-refractivity contribution is 0.102. The van der Waals surface area contributed by atoms with E-state index in [-0.39, 0.29) is 5.91 Å². The molecule has 2 aromatic carbocycles. The van der Waals surface area contributed by atoms with Crippen molar-refractivity contribution in [1.82, 2.24) is 4.98 Å². The van der Waals surface area contributed by atoms with E-state index in [4.69, 9.17) is 0 Å². The van der Waals surface area contributed by atoms with E-state index < -0.39 is 0 Å². The van der Waals surface area contributed by atoms with Crippen LogP contribution in [0.15, 0.2) is 66.9 Å². The van der Waals surface area contributed by atoms with Crippen molar-refractivity contribution >= 4 is 17.3 Å². The molecule has 3 rings (SSSR count). The number of nitrogens with one attached hydrogen (secondary N) is 2. The van der Waals surface area contributed by atoms with Crippen LogP contribution in [0, 0.1) is 6.92 Å². The van der Waals surface area contributed by atoms with Gasteiger partial charge >= 0.3 is 0 Å². The van der Waals surface area contributed by atoms with E-state index in [1.807, 2.05) is 36.4 Å². The predicted octanol–water partition coefficient (Wildman–Crippen LogP) is 5.38. The summed E-state index contributed by atoms with van der Waals surface area (Å²) >= 11 is 0. The highest BCUT2D eigenvalue weighted by atomic mass is 16.1. The summed E-state index contributed by atoms with van der Waals surface area (Å²) in [5.41, 5.74) is 5.63. The zero-order valence-corrected chi connectivity index (χ0v) is 16.0. The van der Waals surface area contributed by atoms with Gasteiger partial charge in [0.1, 0.15) is 5.69 Å². The molecule has 0 fully saturated rings. The largest absolute Gasteiger partial charge is 0.381 e. The molecule has 4 nitrogen and oxygen atoms in total. The molecule has 0 unspecified atom stereocenters. The number of carbonyl (C=O) groups excluding carboxylic acids is 1. The summed E-state index contributed by atoms with van der Waals surface area (Å²) in [4.78, 5) is 16.9. The number of amides is 1. The van der Waals surface area contributed by atoms with Gasteiger partial charge in [0.15, 0.2) is 0 Å². The van der Waals surface area contributed by atoms with Crippen LogP contribution in [0.2, 0.25) is 0 Å². The van der Waals surface area contributed by atoms with Crippen LogP contribution in [0.1, 0.15) is 46.9 Å². The summed E-state index contributed by atoms with van der Waals surface area (Å²) in [6.07, 6.45) is 1.65. The number of para-hydroxylation sites is 1. The number of anilines is 2. The Labute approximate surface area is 160 Å². The molecular weight excluding hydrogens is 334 g/mol. The maximum Gasteiger partial charge on any atom is 0.274 e. The average Bonchev–Trinajstić information content (AvgIpc) is 2.67. The van der Waals surface area contributed by atoms with Crippen LogP contribution in [0.25, 0.3) is 0 Å². The first-order chi connectivity index (χ1) is 13.0. The van der Waals surface area contributed by atoms with Gasteiger partial charge in [-0.15, -0.1) is 0 Å². The first-order valence-corrected chi connectivity index (χ1v) is 9.18. The molecule has 1 amide bonds. The van der Waals surface area contributed by atoms with Crippen molar-refractivity contribution in [1.29, 1.82) is 0 Å². The number of pyridine rings is 1. The summed E-state index contributed by atoms with van der Waals surface area (Å²) in [5, 5.41) is 6.34. The first kappa shape index (κ1) is 18.6. The number of benzene rings is 2. The van der Waals surface area contributed by atoms with Gasteiger partial charge < -0.3 is 10.6 Å². The summed E-state index contributed by atoms with van der Waals surface area (Å²) in [6, 6.07) is 19.9. The molecule has 0 spiro atoms. The van der Waals surface area contributed by atoms with Crippen molar-refractivity contribution in [2.75, 3.05) is 10.6 Å². The lowest BCUT2D eigenvalue weighted by Crippen LogP contribution is -2.15. The third-order valence-electron chi connectivity index (χ3n) is 4.40. The normalized spacial score (nSPS) is 10.7. The zero-order valence-electron chi connectivity index (χ0n) is 16.0. The van der Waals surface area contributed by atoms with Gasteiger partial charge in [-0.3, -0.25) is 9.78 Å². The van der Waals surface area contributed by atoms with E-state index in [0.717, 1.165) is 16.9 Å². The van der Waals surface area contributed by atoms with Crippen LogP contribution >= 0.6 is 0 Å². The molecule has 27 heavy (non-hydrogen) atoms. The molecule has 2 N–H and O–H groups in total. The number of aryl methyl sites for hydroxylation is 1. The second-order valence-corrected chi connectivity index (χ2v) is 6.97. The van der Waals surface area contributed by atoms with Crippen LogP contribution in [0.5, 0.6) is 0 Å². The third kappa shape index (κ3) is 4.94. The number of hydrogen-bond acceptors (Lipinski definition) is 3. The van der Waals surface area contributed by atoms with E-state index >= 15 is 0 Å². The van der Waals surface area contributed by atoms with E-state index in [2.05, 4.69) is 54.6 Å². The van der Waals surface area contributed by atoms with Gasteiger partial charge in [0.2, 0.25) is 0 Å². The van der Waals surface area contributed by atoms with E-state index in [1.54, 1.807) is 12.3 Å². The Kier molecular flexibility index (Phi) is 5.87. The molecule has 138 valence electrons. The summed E-state index contributed by atoms with van der Waals surface area (Å²) in [7, 11) is 0. The van der Waals surface area contributed by atoms with E-state index in [0.29, 0.717) is 18.2 Å². The SMILES string of the molecule is Cc1cccc(CNc2ccnc(C(=O)Nc3ccccc3C(C)C)c2)c1. The van der Waals surface area contributed by atoms with E-state index in [1.165, 1.54) is 11.1 Å². The van der Waals surface area contributed by atoms with Gasteiger partial charge in [-0.05, 0) is 42.2 Å². The van der Waals surface area contributed by atoms with Crippen molar-refractivity contribution in [3.8, 4) is 0 Å². The molecule has 1 aromatic heterocycles. The quantitative estimate of drug-likeness (QED) is 0.621. The number of carbonyl (C=O) groups is 1. The molecule has 0 saturated carbocycles. The number of hydrogen-bond donors (Lipinski definition) is 2. The Balaban J connectivity index is 1.70. The Hall–Kier alpha value is -3.14. The fraction of sp³-hybridized carbons (Fsp3) is 0.217. The molecule has 1 heterocycles. The van der Waals surface area contributed by atoms with Crippen molar-refractivity contribution in [2.45, 2.75) is 33.2 Å². The zero-order chi connectivity index (χ0) is 19.2. The van der Waals surface area contributed by atoms with Gasteiger partial charge in [0.25, 0.3) is 5.91 Å². The molecule has 0 atom stereocenters. The summed E-state index contributed by atoms with van der Waals surface area (Å²) < 4.78 is 0. The van der Waals surface area contributed by atoms with Crippen LogP contribution in [0.4, 0.5) is 11.4 Å². The molecule has 0 radical (unpaired) electrons. The molecule has 0 bridgehead atoms. The summed E-state index contributed by atoms with van der Waals surface area (Å²) in [6.45, 7) is 6.99. The minimum Gasteiger partial charge on any atom is -0.381 e. The third-order valence-corrected chi connectivity index (χ3v) is 4.40. The second-order valence-electron chi connectivity index (χ2n) is 6.97. The van der Waals surface area contributed by atoms with Crippen LogP contribution in [-0.4, -0.2) is 10.9 Å². The van der Waals surface area contributed by atoms with Gasteiger partial charge in [-0.25, -0.2) is 0 Å². The lowest BCUT2D eigenvalue weighted by atomic mass is 10.0. The second kappa shape index (κ2) is 8.49. The Morgan fingerprint density at radius 2 is 1.85 bits per heavy atom. The molecule has 3 aromatic rings. The van der Waals surface area contributed by atoms with Crippen molar-refractivity contribution < 1.29 is 4.79 Å². The number of rotatable bonds is 6. The predicted molar refractivity (Wildman–Crippen MR) is 111 cm³/mol. The first-order valence-electron chi connectivity index (χ1n) is 9.18. The molecule has 0 aliphatic rings. The van der Waals surface area contributed by atoms with Gasteiger partial charge in [0, 0.05) is 24.1 Å². The Bertz CT molecular complexity index is 934. The fourth-order valence-corrected chi connectivity index (χ4v) is 2.99. The average molecular weight is 359 g/mol. The summed E-state index contributed by atoms with van der Waals surface area (Å²) in [5.74, 6) is 0.124. The van der Waals surface area contributed by atoms with E-state index in [9.17, 15) is 4.79 Å². The molecule has 0 saturated heterocycles. The van der Waals surface area contributed by atoms with Gasteiger partial charge in [0.05, 0.1) is 0 Å². The minimum absolute atomic E-state index is 0.206. The highest BCUT2D eigenvalue weighted by Gasteiger charge is 2.12. The number of nitrogens with zero attached hydrogens (tertiary/aromatic N) is 1. The maximum absolute atomic E-state index is 12.7. The number of aromatic nitrogens is 1. The topological polar surface area (TPSA) is 54.0 Å². The Morgan fingerprint density at radius 3 is 2.63 bits per heavy atom. The Morgan fingerprint density at radius 1 is 1.04 bits per heavy atom. The standard InChI is InChI=1S/C23H25N3O/c1-16(2)20-9-4-5-10-21(20)26-23(27)22-14-19(11-12-24-22)25-15-18-8-6-7-17(3)13-18/h4-14,16H,15H2,1-3H3,(H,24,25)(H,26,27). The monoisotopic (exact) mass is 359 g/mol. The van der Waals surface area contributed by atoms with Gasteiger partial charge in [-0.1, -0.05) is 61.9 Å². The smallest absolute Gasteiger partial charge is 0.274 e. The van der Waals surface area contributed by atoms with Crippen LogP contribution in [-0.2, 0) is 6.54 Å². The van der Waals surface area contributed by atoms with Crippen LogP contribution < -0.4 is 10.6 Å². The maximum atomic E-state index is 12.7. The fourth-order valence-electron chi connectivity index (χ4n) is 2.99. The highest BCUT2D eigenvalue weighted by molar-refractivity contribution is 6.03. The van der Waals surface area contributed by atoms with Crippen LogP contribution in [0.3, 0.4) is 0 Å². The molecule has 4 heteroatoms. The van der Waals surface area contributed by atoms with Gasteiger partial charge in [-0.2, -0.15) is 0 Å². The van der Waals surface area contributed by atoms with Crippen molar-refractivity contribution in [2.24, 2.45) is 0 Å². The lowest BCUT2D eigenvalue weighted by Gasteiger charge is -2.14. The highest BCUT2D eigenvalue weighted by Crippen LogP contribution is 2.24. The molecular formula is C23H25N3O. The van der Waals surface area contributed by atoms with Crippen molar-refractivity contribution in [3.63, 3.8) is 0 Å². The molecule has 0 aliphatic heterocycles.